The molecule has 210 valence electrons. The molecule has 2 aliphatic carbocycles. The van der Waals surface area contributed by atoms with Crippen LogP contribution in [0.15, 0.2) is 24.3 Å². The molecule has 2 fully saturated rings. The van der Waals surface area contributed by atoms with Crippen LogP contribution in [-0.2, 0) is 28.6 Å². The minimum Gasteiger partial charge on any atom is -0.460 e. The van der Waals surface area contributed by atoms with Crippen molar-refractivity contribution in [2.75, 3.05) is 14.2 Å². The van der Waals surface area contributed by atoms with Gasteiger partial charge in [0.2, 0.25) is 0 Å². The fourth-order valence-corrected chi connectivity index (χ4v) is 5.28. The highest BCUT2D eigenvalue weighted by molar-refractivity contribution is 6.08. The number of allylic oxidation sites excluding steroid dienone is 4. The van der Waals surface area contributed by atoms with E-state index in [1.165, 1.54) is 12.2 Å². The molecule has 0 amide bonds. The molecule has 0 saturated heterocycles. The van der Waals surface area contributed by atoms with E-state index in [4.69, 9.17) is 19.9 Å². The molecule has 0 radical (unpaired) electrons. The third-order valence-corrected chi connectivity index (χ3v) is 7.30. The molecule has 0 bridgehead atoms. The predicted molar refractivity (Wildman–Crippen MR) is 138 cm³/mol. The van der Waals surface area contributed by atoms with Gasteiger partial charge in [0.25, 0.3) is 0 Å². The van der Waals surface area contributed by atoms with Gasteiger partial charge in [0, 0.05) is 14.2 Å². The summed E-state index contributed by atoms with van der Waals surface area (Å²) in [5, 5.41) is 19.3. The molecular weight excluding hydrogens is 478 g/mol. The second-order valence-corrected chi connectivity index (χ2v) is 11.2. The van der Waals surface area contributed by atoms with Gasteiger partial charge in [-0.3, -0.25) is 14.4 Å². The Bertz CT molecular complexity index is 821. The van der Waals surface area contributed by atoms with Crippen LogP contribution in [0, 0.1) is 17.3 Å². The second-order valence-electron chi connectivity index (χ2n) is 11.2. The van der Waals surface area contributed by atoms with Crippen LogP contribution in [0.25, 0.3) is 0 Å². The fourth-order valence-electron chi connectivity index (χ4n) is 5.28. The average molecular weight is 524 g/mol. The molecule has 7 atom stereocenters. The quantitative estimate of drug-likeness (QED) is 0.143. The number of rotatable bonds is 13. The maximum Gasteiger partial charge on any atom is 0.306 e. The van der Waals surface area contributed by atoms with Crippen molar-refractivity contribution < 1.29 is 38.8 Å². The van der Waals surface area contributed by atoms with Crippen LogP contribution in [0.2, 0.25) is 0 Å². The number of methoxy groups -OCH3 is 2. The van der Waals surface area contributed by atoms with Gasteiger partial charge in [-0.05, 0) is 74.3 Å². The van der Waals surface area contributed by atoms with Crippen LogP contribution in [0.5, 0.6) is 0 Å². The van der Waals surface area contributed by atoms with Crippen LogP contribution < -0.4 is 5.73 Å². The van der Waals surface area contributed by atoms with Crippen molar-refractivity contribution in [3.63, 3.8) is 0 Å². The third-order valence-electron chi connectivity index (χ3n) is 7.30. The van der Waals surface area contributed by atoms with E-state index in [2.05, 4.69) is 0 Å². The zero-order chi connectivity index (χ0) is 27.6. The summed E-state index contributed by atoms with van der Waals surface area (Å²) >= 11 is 0. The highest BCUT2D eigenvalue weighted by Crippen LogP contribution is 2.32. The highest BCUT2D eigenvalue weighted by atomic mass is 16.6. The highest BCUT2D eigenvalue weighted by Gasteiger charge is 2.34. The lowest BCUT2D eigenvalue weighted by Gasteiger charge is -2.34. The summed E-state index contributed by atoms with van der Waals surface area (Å²) in [7, 11) is 3.15. The van der Waals surface area contributed by atoms with E-state index in [1.54, 1.807) is 14.2 Å². The second kappa shape index (κ2) is 14.9. The molecule has 2 saturated carbocycles. The summed E-state index contributed by atoms with van der Waals surface area (Å²) in [5.74, 6) is -0.620. The molecule has 0 heterocycles. The van der Waals surface area contributed by atoms with Crippen LogP contribution in [0.1, 0.15) is 71.6 Å². The van der Waals surface area contributed by atoms with E-state index in [1.807, 2.05) is 26.0 Å². The molecule has 2 rings (SSSR count). The van der Waals surface area contributed by atoms with E-state index in [9.17, 15) is 24.6 Å². The molecule has 9 nitrogen and oxygen atoms in total. The zero-order valence-corrected chi connectivity index (χ0v) is 22.6. The number of carbonyl (C=O) groups is 3. The number of ether oxygens (including phenoxy) is 3. The van der Waals surface area contributed by atoms with Gasteiger partial charge in [-0.1, -0.05) is 26.0 Å². The van der Waals surface area contributed by atoms with Crippen molar-refractivity contribution in [2.45, 2.75) is 102 Å². The molecular formula is C28H45NO8. The van der Waals surface area contributed by atoms with Crippen molar-refractivity contribution in [1.29, 1.82) is 0 Å². The topological polar surface area (TPSA) is 145 Å². The Labute approximate surface area is 220 Å². The molecule has 2 aliphatic rings. The Morgan fingerprint density at radius 3 is 2.00 bits per heavy atom. The van der Waals surface area contributed by atoms with Crippen LogP contribution >= 0.6 is 0 Å². The molecule has 0 aliphatic heterocycles. The lowest BCUT2D eigenvalue weighted by atomic mass is 9.83. The average Bonchev–Trinajstić information content (AvgIpc) is 2.81. The van der Waals surface area contributed by atoms with Gasteiger partial charge in [-0.25, -0.2) is 0 Å². The molecule has 0 spiro atoms. The monoisotopic (exact) mass is 523 g/mol. The maximum atomic E-state index is 12.5. The van der Waals surface area contributed by atoms with Crippen molar-refractivity contribution in [3.8, 4) is 0 Å². The number of aliphatic hydroxyl groups excluding tert-OH is 2. The summed E-state index contributed by atoms with van der Waals surface area (Å²) in [6.07, 6.45) is 8.48. The number of hydrogen-bond donors (Lipinski definition) is 3. The number of carbonyl (C=O) groups excluding carboxylic acids is 3. The molecule has 0 aromatic rings. The first-order chi connectivity index (χ1) is 17.4. The minimum atomic E-state index is -0.985. The van der Waals surface area contributed by atoms with Gasteiger partial charge in [0.05, 0.1) is 31.2 Å². The first kappa shape index (κ1) is 31.3. The summed E-state index contributed by atoms with van der Waals surface area (Å²) in [5.41, 5.74) is 4.97. The summed E-state index contributed by atoms with van der Waals surface area (Å²) in [4.78, 5) is 37.0. The smallest absolute Gasteiger partial charge is 0.306 e. The summed E-state index contributed by atoms with van der Waals surface area (Å²) in [6, 6.07) is 0. The molecule has 4 N–H and O–H groups in total. The zero-order valence-electron chi connectivity index (χ0n) is 22.6. The van der Waals surface area contributed by atoms with Crippen molar-refractivity contribution >= 4 is 17.5 Å². The van der Waals surface area contributed by atoms with E-state index >= 15 is 0 Å². The van der Waals surface area contributed by atoms with Gasteiger partial charge in [-0.2, -0.15) is 0 Å². The number of hydrogen-bond acceptors (Lipinski definition) is 9. The van der Waals surface area contributed by atoms with Crippen molar-refractivity contribution in [2.24, 2.45) is 23.0 Å². The van der Waals surface area contributed by atoms with Crippen LogP contribution in [0.4, 0.5) is 0 Å². The van der Waals surface area contributed by atoms with Crippen LogP contribution in [-0.4, -0.2) is 72.6 Å². The molecule has 0 aromatic heterocycles. The molecule has 9 heteroatoms. The largest absolute Gasteiger partial charge is 0.460 e. The molecule has 37 heavy (non-hydrogen) atoms. The van der Waals surface area contributed by atoms with Crippen molar-refractivity contribution in [3.05, 3.63) is 24.3 Å². The van der Waals surface area contributed by atoms with Gasteiger partial charge < -0.3 is 30.2 Å². The normalized spacial score (nSPS) is 29.9. The van der Waals surface area contributed by atoms with E-state index in [0.29, 0.717) is 32.1 Å². The molecule has 7 unspecified atom stereocenters. The van der Waals surface area contributed by atoms with E-state index in [0.717, 1.165) is 12.8 Å². The number of esters is 1. The van der Waals surface area contributed by atoms with Gasteiger partial charge in [0.15, 0.2) is 11.6 Å². The van der Waals surface area contributed by atoms with Gasteiger partial charge >= 0.3 is 5.97 Å². The lowest BCUT2D eigenvalue weighted by Crippen LogP contribution is -2.39. The lowest BCUT2D eigenvalue weighted by molar-refractivity contribution is -0.162. The Kier molecular flexibility index (Phi) is 12.6. The number of nitrogens with two attached hydrogens (primary N) is 1. The number of ketones is 2. The first-order valence-corrected chi connectivity index (χ1v) is 13.2. The summed E-state index contributed by atoms with van der Waals surface area (Å²) < 4.78 is 16.5. The Morgan fingerprint density at radius 1 is 0.919 bits per heavy atom. The Morgan fingerprint density at radius 2 is 1.46 bits per heavy atom. The van der Waals surface area contributed by atoms with Crippen molar-refractivity contribution in [1.82, 2.24) is 0 Å². The SMILES string of the molecule is COC1CC(/C=C/C(=O)CC(=O)/C=C/C2CCC(OC(=O)CC(C)(C)CC(N)O)C(OC)C2)CCC1O. The first-order valence-electron chi connectivity index (χ1n) is 13.2. The Balaban J connectivity index is 1.78. The van der Waals surface area contributed by atoms with Crippen LogP contribution in [0.3, 0.4) is 0 Å². The Hall–Kier alpha value is -1.91. The number of aliphatic hydroxyl groups is 2. The standard InChI is InChI=1S/C28H45NO8/c1-28(2,16-26(29)33)17-27(34)37-23-12-8-19(14-25(23)36-4)6-10-21(31)15-20(30)9-5-18-7-11-22(32)24(13-18)35-3/h5-6,9-10,18-19,22-26,32-33H,7-8,11-17,29H2,1-4H3/b9-5+,10-6+. The predicted octanol–water partition coefficient (Wildman–Crippen LogP) is 2.61. The minimum absolute atomic E-state index is 0.0815. The maximum absolute atomic E-state index is 12.5. The van der Waals surface area contributed by atoms with E-state index < -0.39 is 17.7 Å². The van der Waals surface area contributed by atoms with Gasteiger partial charge in [-0.15, -0.1) is 0 Å². The third kappa shape index (κ3) is 11.2. The summed E-state index contributed by atoms with van der Waals surface area (Å²) in [6.45, 7) is 3.71. The van der Waals surface area contributed by atoms with Gasteiger partial charge in [0.1, 0.15) is 12.3 Å². The fraction of sp³-hybridized carbons (Fsp3) is 0.750. The van der Waals surface area contributed by atoms with E-state index in [-0.39, 0.29) is 60.5 Å². The molecule has 0 aromatic carbocycles.